The van der Waals surface area contributed by atoms with E-state index in [1.165, 1.54) is 0 Å². The number of fused-ring (bicyclic) bond motifs is 1. The van der Waals surface area contributed by atoms with E-state index in [1.54, 1.807) is 30.2 Å². The van der Waals surface area contributed by atoms with Crippen LogP contribution in [-0.4, -0.2) is 38.7 Å². The molecule has 7 nitrogen and oxygen atoms in total. The fourth-order valence-corrected chi connectivity index (χ4v) is 3.07. The Morgan fingerprint density at radius 2 is 1.93 bits per heavy atom. The van der Waals surface area contributed by atoms with E-state index in [0.717, 1.165) is 17.9 Å². The lowest BCUT2D eigenvalue weighted by Crippen LogP contribution is -2.39. The number of rotatable bonds is 9. The van der Waals surface area contributed by atoms with E-state index < -0.39 is 0 Å². The summed E-state index contributed by atoms with van der Waals surface area (Å²) in [6.07, 6.45) is 1.77. The standard InChI is InChI=1S/C22H26N2O5/c1-3-12-24-19-14-16(6-11-20(19)29-15-22(24)26)23-21(25)5-4-13-28-18-9-7-17(27-2)8-10-18/h6-11,14H,3-5,12-13,15H2,1-2H3,(H,23,25). The van der Waals surface area contributed by atoms with E-state index in [0.29, 0.717) is 43.1 Å². The second-order valence-electron chi connectivity index (χ2n) is 6.69. The van der Waals surface area contributed by atoms with Gasteiger partial charge in [0.05, 0.1) is 19.4 Å². The zero-order chi connectivity index (χ0) is 20.6. The fourth-order valence-electron chi connectivity index (χ4n) is 3.07. The van der Waals surface area contributed by atoms with Crippen molar-refractivity contribution in [2.75, 3.05) is 37.1 Å². The summed E-state index contributed by atoms with van der Waals surface area (Å²) in [7, 11) is 1.61. The van der Waals surface area contributed by atoms with Crippen molar-refractivity contribution in [3.8, 4) is 17.2 Å². The van der Waals surface area contributed by atoms with E-state index >= 15 is 0 Å². The Labute approximate surface area is 170 Å². The van der Waals surface area contributed by atoms with Gasteiger partial charge < -0.3 is 24.4 Å². The van der Waals surface area contributed by atoms with E-state index in [2.05, 4.69) is 5.32 Å². The molecule has 1 N–H and O–H groups in total. The summed E-state index contributed by atoms with van der Waals surface area (Å²) in [6, 6.07) is 12.7. The molecule has 0 saturated heterocycles. The third kappa shape index (κ3) is 5.40. The Hall–Kier alpha value is -3.22. The first kappa shape index (κ1) is 20.5. The quantitative estimate of drug-likeness (QED) is 0.653. The maximum absolute atomic E-state index is 12.3. The Balaban J connectivity index is 1.49. The SMILES string of the molecule is CCCN1C(=O)COc2ccc(NC(=O)CCCOc3ccc(OC)cc3)cc21. The molecule has 2 aromatic rings. The van der Waals surface area contributed by atoms with Gasteiger partial charge in [-0.3, -0.25) is 9.59 Å². The van der Waals surface area contributed by atoms with Crippen molar-refractivity contribution in [3.05, 3.63) is 42.5 Å². The van der Waals surface area contributed by atoms with Crippen LogP contribution in [0.15, 0.2) is 42.5 Å². The third-order valence-corrected chi connectivity index (χ3v) is 4.51. The molecular weight excluding hydrogens is 372 g/mol. The van der Waals surface area contributed by atoms with Gasteiger partial charge in [-0.2, -0.15) is 0 Å². The summed E-state index contributed by atoms with van der Waals surface area (Å²) >= 11 is 0. The van der Waals surface area contributed by atoms with Gasteiger partial charge in [0.2, 0.25) is 5.91 Å². The summed E-state index contributed by atoms with van der Waals surface area (Å²) in [6.45, 7) is 3.13. The predicted octanol–water partition coefficient (Wildman–Crippen LogP) is 3.63. The van der Waals surface area contributed by atoms with Crippen LogP contribution in [0.25, 0.3) is 0 Å². The molecule has 0 bridgehead atoms. The van der Waals surface area contributed by atoms with E-state index in [-0.39, 0.29) is 18.4 Å². The van der Waals surface area contributed by atoms with Crippen LogP contribution < -0.4 is 24.4 Å². The number of ether oxygens (including phenoxy) is 3. The van der Waals surface area contributed by atoms with Crippen LogP contribution in [0.3, 0.4) is 0 Å². The molecule has 2 aromatic carbocycles. The molecule has 154 valence electrons. The average molecular weight is 398 g/mol. The van der Waals surface area contributed by atoms with Crippen molar-refractivity contribution in [3.63, 3.8) is 0 Å². The van der Waals surface area contributed by atoms with Gasteiger partial charge in [0, 0.05) is 18.7 Å². The largest absolute Gasteiger partial charge is 0.497 e. The number of hydrogen-bond acceptors (Lipinski definition) is 5. The molecule has 1 aliphatic heterocycles. The Bertz CT molecular complexity index is 851. The first-order valence-corrected chi connectivity index (χ1v) is 9.74. The minimum atomic E-state index is -0.103. The van der Waals surface area contributed by atoms with Gasteiger partial charge in [0.1, 0.15) is 17.2 Å². The van der Waals surface area contributed by atoms with Crippen LogP contribution in [0.4, 0.5) is 11.4 Å². The highest BCUT2D eigenvalue weighted by atomic mass is 16.5. The summed E-state index contributed by atoms with van der Waals surface area (Å²) < 4.78 is 16.2. The summed E-state index contributed by atoms with van der Waals surface area (Å²) in [5.74, 6) is 1.99. The zero-order valence-electron chi connectivity index (χ0n) is 16.8. The van der Waals surface area contributed by atoms with E-state index in [1.807, 2.05) is 31.2 Å². The Morgan fingerprint density at radius 3 is 2.66 bits per heavy atom. The highest BCUT2D eigenvalue weighted by Crippen LogP contribution is 2.34. The number of methoxy groups -OCH3 is 1. The van der Waals surface area contributed by atoms with E-state index in [4.69, 9.17) is 14.2 Å². The van der Waals surface area contributed by atoms with Gasteiger partial charge in [-0.25, -0.2) is 0 Å². The molecule has 0 spiro atoms. The maximum atomic E-state index is 12.3. The second-order valence-corrected chi connectivity index (χ2v) is 6.69. The normalized spacial score (nSPS) is 12.8. The molecule has 0 aliphatic carbocycles. The minimum Gasteiger partial charge on any atom is -0.497 e. The van der Waals surface area contributed by atoms with E-state index in [9.17, 15) is 9.59 Å². The van der Waals surface area contributed by atoms with Crippen molar-refractivity contribution in [1.82, 2.24) is 0 Å². The van der Waals surface area contributed by atoms with Crippen LogP contribution in [0.1, 0.15) is 26.2 Å². The van der Waals surface area contributed by atoms with Gasteiger partial charge in [-0.15, -0.1) is 0 Å². The molecule has 29 heavy (non-hydrogen) atoms. The monoisotopic (exact) mass is 398 g/mol. The van der Waals surface area contributed by atoms with Gasteiger partial charge >= 0.3 is 0 Å². The molecular formula is C22H26N2O5. The number of anilines is 2. The van der Waals surface area contributed by atoms with Crippen molar-refractivity contribution in [1.29, 1.82) is 0 Å². The molecule has 0 fully saturated rings. The predicted molar refractivity (Wildman–Crippen MR) is 111 cm³/mol. The molecule has 3 rings (SSSR count). The lowest BCUT2D eigenvalue weighted by molar-refractivity contribution is -0.121. The smallest absolute Gasteiger partial charge is 0.265 e. The van der Waals surface area contributed by atoms with Crippen LogP contribution >= 0.6 is 0 Å². The maximum Gasteiger partial charge on any atom is 0.265 e. The molecule has 0 unspecified atom stereocenters. The lowest BCUT2D eigenvalue weighted by Gasteiger charge is -2.29. The fraction of sp³-hybridized carbons (Fsp3) is 0.364. The Kier molecular flexibility index (Phi) is 6.94. The average Bonchev–Trinajstić information content (AvgIpc) is 2.74. The molecule has 1 heterocycles. The van der Waals surface area contributed by atoms with Crippen LogP contribution in [-0.2, 0) is 9.59 Å². The summed E-state index contributed by atoms with van der Waals surface area (Å²) in [5.41, 5.74) is 1.34. The summed E-state index contributed by atoms with van der Waals surface area (Å²) in [4.78, 5) is 26.1. The minimum absolute atomic E-state index is 0.0485. The molecule has 0 saturated carbocycles. The van der Waals surface area contributed by atoms with Crippen molar-refractivity contribution < 1.29 is 23.8 Å². The van der Waals surface area contributed by atoms with Crippen molar-refractivity contribution in [2.45, 2.75) is 26.2 Å². The molecule has 2 amide bonds. The molecule has 1 aliphatic rings. The number of hydrogen-bond donors (Lipinski definition) is 1. The number of nitrogens with one attached hydrogen (secondary N) is 1. The topological polar surface area (TPSA) is 77.1 Å². The first-order valence-electron chi connectivity index (χ1n) is 9.74. The van der Waals surface area contributed by atoms with Crippen LogP contribution in [0, 0.1) is 0 Å². The Morgan fingerprint density at radius 1 is 1.17 bits per heavy atom. The van der Waals surface area contributed by atoms with Crippen molar-refractivity contribution in [2.24, 2.45) is 0 Å². The van der Waals surface area contributed by atoms with Gasteiger partial charge in [-0.1, -0.05) is 6.92 Å². The highest BCUT2D eigenvalue weighted by molar-refractivity contribution is 5.99. The molecule has 7 heteroatoms. The number of carbonyl (C=O) groups excluding carboxylic acids is 2. The number of benzene rings is 2. The van der Waals surface area contributed by atoms with Crippen molar-refractivity contribution >= 4 is 23.2 Å². The van der Waals surface area contributed by atoms with Gasteiger partial charge in [0.15, 0.2) is 6.61 Å². The second kappa shape index (κ2) is 9.82. The number of carbonyl (C=O) groups is 2. The van der Waals surface area contributed by atoms with Gasteiger partial charge in [0.25, 0.3) is 5.91 Å². The highest BCUT2D eigenvalue weighted by Gasteiger charge is 2.25. The van der Waals surface area contributed by atoms with Gasteiger partial charge in [-0.05, 0) is 55.3 Å². The first-order chi connectivity index (χ1) is 14.1. The van der Waals surface area contributed by atoms with Crippen LogP contribution in [0.5, 0.6) is 17.2 Å². The third-order valence-electron chi connectivity index (χ3n) is 4.51. The summed E-state index contributed by atoms with van der Waals surface area (Å²) in [5, 5.41) is 2.88. The van der Waals surface area contributed by atoms with Crippen LogP contribution in [0.2, 0.25) is 0 Å². The zero-order valence-corrected chi connectivity index (χ0v) is 16.8. The molecule has 0 atom stereocenters. The number of amides is 2. The number of nitrogens with zero attached hydrogens (tertiary/aromatic N) is 1. The molecule has 0 aromatic heterocycles. The molecule has 0 radical (unpaired) electrons. The lowest BCUT2D eigenvalue weighted by atomic mass is 10.2.